The molecule has 1 N–H and O–H groups in total. The highest BCUT2D eigenvalue weighted by molar-refractivity contribution is 5.70. The second-order valence-corrected chi connectivity index (χ2v) is 19.7. The maximum absolute atomic E-state index is 12.3. The van der Waals surface area contributed by atoms with Gasteiger partial charge in [-0.05, 0) is 64.2 Å². The normalized spacial score (nSPS) is 12.2. The van der Waals surface area contributed by atoms with Gasteiger partial charge in [0.25, 0.3) is 0 Å². The molecule has 0 bridgehead atoms. The molecule has 5 nitrogen and oxygen atoms in total. The number of carbonyl (C=O) groups is 2. The molecule has 0 heterocycles. The van der Waals surface area contributed by atoms with Gasteiger partial charge in [-0.2, -0.15) is 0 Å². The van der Waals surface area contributed by atoms with Crippen LogP contribution in [0, 0.1) is 0 Å². The van der Waals surface area contributed by atoms with E-state index in [-0.39, 0.29) is 25.2 Å². The van der Waals surface area contributed by atoms with Gasteiger partial charge in [0.05, 0.1) is 6.61 Å². The fourth-order valence-electron chi connectivity index (χ4n) is 8.84. The zero-order valence-corrected chi connectivity index (χ0v) is 43.3. The number of esters is 2. The van der Waals surface area contributed by atoms with Gasteiger partial charge < -0.3 is 14.6 Å². The Labute approximate surface area is 400 Å². The van der Waals surface area contributed by atoms with Gasteiger partial charge in [-0.25, -0.2) is 0 Å². The summed E-state index contributed by atoms with van der Waals surface area (Å²) in [6.45, 7) is 4.19. The Morgan fingerprint density at radius 1 is 0.344 bits per heavy atom. The van der Waals surface area contributed by atoms with Crippen LogP contribution in [0.25, 0.3) is 0 Å². The van der Waals surface area contributed by atoms with E-state index in [1.807, 2.05) is 0 Å². The first-order chi connectivity index (χ1) is 31.6. The minimum Gasteiger partial charge on any atom is -0.462 e. The van der Waals surface area contributed by atoms with E-state index in [1.54, 1.807) is 0 Å². The molecule has 0 saturated carbocycles. The number of hydrogen-bond acceptors (Lipinski definition) is 5. The molecule has 0 fully saturated rings. The molecule has 0 aliphatic rings. The van der Waals surface area contributed by atoms with E-state index >= 15 is 0 Å². The van der Waals surface area contributed by atoms with Crippen molar-refractivity contribution in [3.63, 3.8) is 0 Å². The van der Waals surface area contributed by atoms with Crippen LogP contribution in [0.4, 0.5) is 0 Å². The van der Waals surface area contributed by atoms with E-state index in [0.29, 0.717) is 12.8 Å². The Bertz CT molecular complexity index is 974. The Kier molecular flexibility index (Phi) is 54.3. The Morgan fingerprint density at radius 2 is 0.578 bits per heavy atom. The number of ether oxygens (including phenoxy) is 2. The predicted molar refractivity (Wildman–Crippen MR) is 279 cm³/mol. The van der Waals surface area contributed by atoms with Crippen molar-refractivity contribution in [2.45, 2.75) is 328 Å². The molecule has 0 aromatic heterocycles. The zero-order valence-electron chi connectivity index (χ0n) is 43.3. The standard InChI is InChI=1S/C59H112O5/c1-3-5-7-9-11-13-15-17-19-21-23-25-27-28-29-30-32-34-36-38-40-42-44-46-48-50-52-54-59(62)64-57(55-60)56-63-58(61)53-51-49-47-45-43-41-39-37-35-33-31-26-24-22-20-18-16-14-12-10-8-6-4-2/h21-24,57,60H,3-20,25-56H2,1-2H3/b23-21-,24-22-. The van der Waals surface area contributed by atoms with Crippen LogP contribution in [0.5, 0.6) is 0 Å². The number of aliphatic hydroxyl groups excluding tert-OH is 1. The van der Waals surface area contributed by atoms with Crippen LogP contribution in [0.2, 0.25) is 0 Å². The van der Waals surface area contributed by atoms with Crippen molar-refractivity contribution in [1.29, 1.82) is 0 Å². The van der Waals surface area contributed by atoms with Gasteiger partial charge in [0.2, 0.25) is 0 Å². The van der Waals surface area contributed by atoms with Crippen molar-refractivity contribution in [3.05, 3.63) is 24.3 Å². The monoisotopic (exact) mass is 901 g/mol. The molecule has 0 aromatic carbocycles. The van der Waals surface area contributed by atoms with Crippen LogP contribution in [-0.2, 0) is 19.1 Å². The summed E-state index contributed by atoms with van der Waals surface area (Å²) in [6, 6.07) is 0. The molecule has 0 radical (unpaired) electrons. The molecule has 0 aromatic rings. The Balaban J connectivity index is 3.43. The van der Waals surface area contributed by atoms with Crippen LogP contribution < -0.4 is 0 Å². The Hall–Kier alpha value is -1.62. The van der Waals surface area contributed by atoms with E-state index in [1.165, 1.54) is 257 Å². The summed E-state index contributed by atoms with van der Waals surface area (Å²) < 4.78 is 10.7. The smallest absolute Gasteiger partial charge is 0.306 e. The zero-order chi connectivity index (χ0) is 46.3. The highest BCUT2D eigenvalue weighted by Crippen LogP contribution is 2.17. The summed E-state index contributed by atoms with van der Waals surface area (Å²) in [5.74, 6) is -0.573. The topological polar surface area (TPSA) is 72.8 Å². The fourth-order valence-corrected chi connectivity index (χ4v) is 8.84. The third kappa shape index (κ3) is 53.0. The lowest BCUT2D eigenvalue weighted by Gasteiger charge is -2.15. The van der Waals surface area contributed by atoms with Gasteiger partial charge in [0, 0.05) is 12.8 Å². The van der Waals surface area contributed by atoms with Gasteiger partial charge in [0.1, 0.15) is 6.61 Å². The maximum Gasteiger partial charge on any atom is 0.306 e. The van der Waals surface area contributed by atoms with Crippen LogP contribution in [0.1, 0.15) is 322 Å². The Morgan fingerprint density at radius 3 is 0.844 bits per heavy atom. The molecular formula is C59H112O5. The highest BCUT2D eigenvalue weighted by Gasteiger charge is 2.16. The predicted octanol–water partition coefficient (Wildman–Crippen LogP) is 19.3. The van der Waals surface area contributed by atoms with E-state index in [2.05, 4.69) is 38.2 Å². The number of unbranched alkanes of at least 4 members (excludes halogenated alkanes) is 42. The lowest BCUT2D eigenvalue weighted by Crippen LogP contribution is -2.28. The van der Waals surface area contributed by atoms with E-state index in [9.17, 15) is 14.7 Å². The van der Waals surface area contributed by atoms with Gasteiger partial charge >= 0.3 is 11.9 Å². The molecular weight excluding hydrogens is 789 g/mol. The maximum atomic E-state index is 12.3. The van der Waals surface area contributed by atoms with Crippen molar-refractivity contribution >= 4 is 11.9 Å². The molecule has 0 amide bonds. The number of aliphatic hydroxyl groups is 1. The van der Waals surface area contributed by atoms with Gasteiger partial charge in [-0.3, -0.25) is 9.59 Å². The molecule has 0 aliphatic heterocycles. The lowest BCUT2D eigenvalue weighted by atomic mass is 10.0. The van der Waals surface area contributed by atoms with Crippen molar-refractivity contribution in [2.24, 2.45) is 0 Å². The van der Waals surface area contributed by atoms with E-state index in [0.717, 1.165) is 38.5 Å². The SMILES string of the molecule is CCCCCCCCCC/C=C\CCCCCCCCCCCCCCCCCC(=O)OC(CO)COC(=O)CCCCCCCCCCCCC/C=C\CCCCCCCCCC. The third-order valence-corrected chi connectivity index (χ3v) is 13.2. The van der Waals surface area contributed by atoms with E-state index in [4.69, 9.17) is 9.47 Å². The molecule has 0 rings (SSSR count). The largest absolute Gasteiger partial charge is 0.462 e. The number of allylic oxidation sites excluding steroid dienone is 4. The van der Waals surface area contributed by atoms with Crippen LogP contribution in [-0.4, -0.2) is 36.4 Å². The fraction of sp³-hybridized carbons (Fsp3) is 0.898. The van der Waals surface area contributed by atoms with Crippen molar-refractivity contribution in [1.82, 2.24) is 0 Å². The summed E-state index contributed by atoms with van der Waals surface area (Å²) >= 11 is 0. The first kappa shape index (κ1) is 62.4. The molecule has 0 spiro atoms. The van der Waals surface area contributed by atoms with Gasteiger partial charge in [0.15, 0.2) is 6.10 Å². The van der Waals surface area contributed by atoms with Crippen molar-refractivity contribution in [2.75, 3.05) is 13.2 Å². The number of carbonyl (C=O) groups excluding carboxylic acids is 2. The van der Waals surface area contributed by atoms with Crippen LogP contribution in [0.15, 0.2) is 24.3 Å². The van der Waals surface area contributed by atoms with Gasteiger partial charge in [-0.1, -0.05) is 269 Å². The summed E-state index contributed by atoms with van der Waals surface area (Å²) in [6.07, 6.45) is 70.2. The minimum absolute atomic E-state index is 0.0608. The van der Waals surface area contributed by atoms with Crippen molar-refractivity contribution in [3.8, 4) is 0 Å². The van der Waals surface area contributed by atoms with Crippen LogP contribution >= 0.6 is 0 Å². The average molecular weight is 902 g/mol. The average Bonchev–Trinajstić information content (AvgIpc) is 3.30. The molecule has 1 atom stereocenters. The van der Waals surface area contributed by atoms with Gasteiger partial charge in [-0.15, -0.1) is 0 Å². The molecule has 0 saturated heterocycles. The molecule has 378 valence electrons. The molecule has 64 heavy (non-hydrogen) atoms. The third-order valence-electron chi connectivity index (χ3n) is 13.2. The minimum atomic E-state index is -0.769. The first-order valence-electron chi connectivity index (χ1n) is 28.9. The van der Waals surface area contributed by atoms with Crippen LogP contribution in [0.3, 0.4) is 0 Å². The number of hydrogen-bond donors (Lipinski definition) is 1. The molecule has 5 heteroatoms. The second-order valence-electron chi connectivity index (χ2n) is 19.7. The lowest BCUT2D eigenvalue weighted by molar-refractivity contribution is -0.161. The molecule has 1 unspecified atom stereocenters. The molecule has 0 aliphatic carbocycles. The quantitative estimate of drug-likeness (QED) is 0.0374. The van der Waals surface area contributed by atoms with E-state index < -0.39 is 6.10 Å². The first-order valence-corrected chi connectivity index (χ1v) is 28.9. The van der Waals surface area contributed by atoms with Crippen molar-refractivity contribution < 1.29 is 24.2 Å². The summed E-state index contributed by atoms with van der Waals surface area (Å²) in [5.41, 5.74) is 0. The summed E-state index contributed by atoms with van der Waals surface area (Å²) in [4.78, 5) is 24.5. The summed E-state index contributed by atoms with van der Waals surface area (Å²) in [7, 11) is 0. The second kappa shape index (κ2) is 55.7. The number of rotatable bonds is 54. The highest BCUT2D eigenvalue weighted by atomic mass is 16.6. The summed E-state index contributed by atoms with van der Waals surface area (Å²) in [5, 5.41) is 9.66.